The van der Waals surface area contributed by atoms with Crippen molar-refractivity contribution < 1.29 is 27.4 Å². The Morgan fingerprint density at radius 2 is 1.84 bits per heavy atom. The van der Waals surface area contributed by atoms with Gasteiger partial charge < -0.3 is 14.2 Å². The molecule has 4 bridgehead atoms. The molecule has 10 heteroatoms. The number of rotatable bonds is 2. The summed E-state index contributed by atoms with van der Waals surface area (Å²) in [5.41, 5.74) is 2.22. The number of carbonyl (C=O) groups is 1. The molecule has 9 nitrogen and oxygen atoms in total. The molecular formula is C22H33N3O6S. The highest BCUT2D eigenvalue weighted by atomic mass is 32.2. The maximum absolute atomic E-state index is 12.9. The molecule has 1 saturated heterocycles. The molecule has 0 spiro atoms. The predicted molar refractivity (Wildman–Crippen MR) is 118 cm³/mol. The molecule has 1 aromatic rings. The van der Waals surface area contributed by atoms with Gasteiger partial charge in [-0.3, -0.25) is 4.90 Å². The van der Waals surface area contributed by atoms with Crippen LogP contribution in [0.5, 0.6) is 5.88 Å². The number of nitrogens with one attached hydrogen (secondary N) is 1. The van der Waals surface area contributed by atoms with Gasteiger partial charge in [-0.15, -0.1) is 0 Å². The normalized spacial score (nSPS) is 31.7. The van der Waals surface area contributed by atoms with E-state index >= 15 is 0 Å². The molecule has 0 radical (unpaired) electrons. The first-order valence-corrected chi connectivity index (χ1v) is 13.2. The van der Waals surface area contributed by atoms with E-state index in [4.69, 9.17) is 19.2 Å². The Kier molecular flexibility index (Phi) is 6.92. The SMILES string of the molecule is Cc1ccc2nc1C1CCC(CC1)OCC1C(NS(C)(=O)=O)CC(C)N1C(=O)OCCO2. The number of amides is 1. The Hall–Kier alpha value is -1.91. The van der Waals surface area contributed by atoms with Crippen LogP contribution in [0.1, 0.15) is 56.2 Å². The van der Waals surface area contributed by atoms with E-state index in [-0.39, 0.29) is 32.0 Å². The third-order valence-corrected chi connectivity index (χ3v) is 7.43. The largest absolute Gasteiger partial charge is 0.474 e. The molecule has 32 heavy (non-hydrogen) atoms. The molecule has 178 valence electrons. The molecule has 3 aliphatic heterocycles. The van der Waals surface area contributed by atoms with Gasteiger partial charge in [-0.1, -0.05) is 6.07 Å². The highest BCUT2D eigenvalue weighted by molar-refractivity contribution is 7.88. The maximum Gasteiger partial charge on any atom is 0.410 e. The van der Waals surface area contributed by atoms with E-state index in [0.717, 1.165) is 43.2 Å². The van der Waals surface area contributed by atoms with Gasteiger partial charge in [0.25, 0.3) is 0 Å². The summed E-state index contributed by atoms with van der Waals surface area (Å²) in [4.78, 5) is 19.2. The molecule has 3 atom stereocenters. The first-order chi connectivity index (χ1) is 15.2. The van der Waals surface area contributed by atoms with Crippen molar-refractivity contribution in [2.45, 2.75) is 76.1 Å². The lowest BCUT2D eigenvalue weighted by Crippen LogP contribution is -2.50. The summed E-state index contributed by atoms with van der Waals surface area (Å²) in [5.74, 6) is 0.906. The van der Waals surface area contributed by atoms with Gasteiger partial charge in [-0.05, 0) is 51.5 Å². The van der Waals surface area contributed by atoms with Gasteiger partial charge in [0.2, 0.25) is 15.9 Å². The fourth-order valence-electron chi connectivity index (χ4n) is 5.18. The predicted octanol–water partition coefficient (Wildman–Crippen LogP) is 2.34. The monoisotopic (exact) mass is 467 g/mol. The summed E-state index contributed by atoms with van der Waals surface area (Å²) >= 11 is 0. The van der Waals surface area contributed by atoms with Crippen molar-refractivity contribution in [2.24, 2.45) is 0 Å². The van der Waals surface area contributed by atoms with Gasteiger partial charge in [0.15, 0.2) is 0 Å². The average molecular weight is 468 g/mol. The third kappa shape index (κ3) is 5.35. The van der Waals surface area contributed by atoms with Crippen LogP contribution in [-0.2, 0) is 19.5 Å². The third-order valence-electron chi connectivity index (χ3n) is 6.70. The van der Waals surface area contributed by atoms with Gasteiger partial charge in [-0.2, -0.15) is 0 Å². The lowest BCUT2D eigenvalue weighted by atomic mass is 9.83. The smallest absolute Gasteiger partial charge is 0.410 e. The molecular weight excluding hydrogens is 434 g/mol. The highest BCUT2D eigenvalue weighted by Gasteiger charge is 2.44. The number of aryl methyl sites for hydroxylation is 1. The fourth-order valence-corrected chi connectivity index (χ4v) is 5.98. The van der Waals surface area contributed by atoms with Crippen LogP contribution in [0.3, 0.4) is 0 Å². The van der Waals surface area contributed by atoms with Crippen LogP contribution >= 0.6 is 0 Å². The number of fused-ring (bicyclic) bond motifs is 7. The van der Waals surface area contributed by atoms with E-state index in [1.165, 1.54) is 0 Å². The summed E-state index contributed by atoms with van der Waals surface area (Å²) in [6, 6.07) is 2.87. The zero-order valence-electron chi connectivity index (χ0n) is 19.0. The number of sulfonamides is 1. The summed E-state index contributed by atoms with van der Waals surface area (Å²) in [5, 5.41) is 0. The highest BCUT2D eigenvalue weighted by Crippen LogP contribution is 2.36. The number of aromatic nitrogens is 1. The van der Waals surface area contributed by atoms with Gasteiger partial charge in [-0.25, -0.2) is 22.9 Å². The number of pyridine rings is 1. The first-order valence-electron chi connectivity index (χ1n) is 11.4. The molecule has 2 fully saturated rings. The molecule has 1 aliphatic carbocycles. The van der Waals surface area contributed by atoms with Crippen molar-refractivity contribution in [3.63, 3.8) is 0 Å². The standard InChI is InChI=1S/C22H33N3O6S/c1-14-4-9-20-23-21(14)16-5-7-17(8-6-16)31-13-19-18(24-32(3,27)28)12-15(2)25(19)22(26)30-11-10-29-20/h4,9,15-19,24H,5-8,10-13H2,1-3H3. The van der Waals surface area contributed by atoms with Crippen LogP contribution in [0.15, 0.2) is 12.1 Å². The van der Waals surface area contributed by atoms with Gasteiger partial charge in [0, 0.05) is 24.1 Å². The van der Waals surface area contributed by atoms with E-state index in [0.29, 0.717) is 18.2 Å². The number of carbonyl (C=O) groups excluding carboxylic acids is 1. The molecule has 0 aromatic carbocycles. The van der Waals surface area contributed by atoms with Crippen LogP contribution in [0.25, 0.3) is 0 Å². The zero-order chi connectivity index (χ0) is 22.9. The molecule has 1 saturated carbocycles. The Morgan fingerprint density at radius 1 is 1.12 bits per heavy atom. The molecule has 1 amide bonds. The summed E-state index contributed by atoms with van der Waals surface area (Å²) < 4.78 is 44.0. The van der Waals surface area contributed by atoms with Crippen molar-refractivity contribution >= 4 is 16.1 Å². The fraction of sp³-hybridized carbons (Fsp3) is 0.727. The van der Waals surface area contributed by atoms with Crippen LogP contribution in [0.2, 0.25) is 0 Å². The second-order valence-corrected chi connectivity index (χ2v) is 11.0. The molecule has 1 N–H and O–H groups in total. The number of hydrogen-bond acceptors (Lipinski definition) is 7. The first kappa shape index (κ1) is 23.3. The van der Waals surface area contributed by atoms with Gasteiger partial charge in [0.05, 0.1) is 30.7 Å². The lowest BCUT2D eigenvalue weighted by Gasteiger charge is -2.33. The minimum atomic E-state index is -3.42. The van der Waals surface area contributed by atoms with Crippen molar-refractivity contribution in [1.82, 2.24) is 14.6 Å². The average Bonchev–Trinajstić information content (AvgIpc) is 3.03. The number of hydrogen-bond donors (Lipinski definition) is 1. The van der Waals surface area contributed by atoms with Crippen LogP contribution in [0.4, 0.5) is 4.79 Å². The van der Waals surface area contributed by atoms with Gasteiger partial charge in [0.1, 0.15) is 13.2 Å². The molecule has 1 aromatic heterocycles. The molecule has 5 rings (SSSR count). The van der Waals surface area contributed by atoms with E-state index in [1.54, 1.807) is 4.90 Å². The summed E-state index contributed by atoms with van der Waals surface area (Å²) in [6.07, 6.45) is 4.97. The summed E-state index contributed by atoms with van der Waals surface area (Å²) in [6.45, 7) is 4.51. The number of nitrogens with zero attached hydrogens (tertiary/aromatic N) is 2. The Bertz CT molecular complexity index is 932. The zero-order valence-corrected chi connectivity index (χ0v) is 19.8. The van der Waals surface area contributed by atoms with E-state index in [2.05, 4.69) is 11.6 Å². The van der Waals surface area contributed by atoms with Gasteiger partial charge >= 0.3 is 6.09 Å². The van der Waals surface area contributed by atoms with E-state index in [9.17, 15) is 13.2 Å². The Balaban J connectivity index is 1.55. The topological polar surface area (TPSA) is 107 Å². The summed E-state index contributed by atoms with van der Waals surface area (Å²) in [7, 11) is -3.42. The van der Waals surface area contributed by atoms with E-state index in [1.807, 2.05) is 19.1 Å². The van der Waals surface area contributed by atoms with Crippen molar-refractivity contribution in [3.8, 4) is 5.88 Å². The van der Waals surface area contributed by atoms with Crippen LogP contribution in [0, 0.1) is 6.92 Å². The number of ether oxygens (including phenoxy) is 3. The minimum Gasteiger partial charge on any atom is -0.474 e. The Morgan fingerprint density at radius 3 is 2.56 bits per heavy atom. The van der Waals surface area contributed by atoms with Crippen molar-refractivity contribution in [2.75, 3.05) is 26.1 Å². The van der Waals surface area contributed by atoms with E-state index < -0.39 is 28.2 Å². The Labute approximate surface area is 189 Å². The molecule has 3 unspecified atom stereocenters. The van der Waals surface area contributed by atoms with Crippen molar-refractivity contribution in [1.29, 1.82) is 0 Å². The van der Waals surface area contributed by atoms with Crippen LogP contribution < -0.4 is 9.46 Å². The lowest BCUT2D eigenvalue weighted by molar-refractivity contribution is -0.0118. The second-order valence-electron chi connectivity index (χ2n) is 9.18. The quantitative estimate of drug-likeness (QED) is 0.711. The molecule has 4 aliphatic rings. The minimum absolute atomic E-state index is 0.0755. The van der Waals surface area contributed by atoms with Crippen LogP contribution in [-0.4, -0.2) is 74.7 Å². The second kappa shape index (κ2) is 9.52. The molecule has 4 heterocycles. The maximum atomic E-state index is 12.9. The van der Waals surface area contributed by atoms with Crippen molar-refractivity contribution in [3.05, 3.63) is 23.4 Å².